The van der Waals surface area contributed by atoms with Crippen LogP contribution in [0.15, 0.2) is 0 Å². The molecular weight excluding hydrogens is 186 g/mol. The van der Waals surface area contributed by atoms with E-state index in [0.717, 1.165) is 12.8 Å². The van der Waals surface area contributed by atoms with E-state index in [1.54, 1.807) is 0 Å². The molecule has 0 saturated carbocycles. The van der Waals surface area contributed by atoms with E-state index < -0.39 is 0 Å². The monoisotopic (exact) mass is 205 g/mol. The summed E-state index contributed by atoms with van der Waals surface area (Å²) in [6.07, 6.45) is 11.1. The van der Waals surface area contributed by atoms with Crippen molar-refractivity contribution in [2.75, 3.05) is 0 Å². The number of terminal acetylenes is 1. The van der Waals surface area contributed by atoms with Crippen LogP contribution in [0.5, 0.6) is 0 Å². The molecule has 0 unspecified atom stereocenters. The molecule has 1 fully saturated rings. The van der Waals surface area contributed by atoms with Gasteiger partial charge in [0.25, 0.3) is 0 Å². The van der Waals surface area contributed by atoms with Gasteiger partial charge in [0.1, 0.15) is 0 Å². The molecule has 1 saturated heterocycles. The van der Waals surface area contributed by atoms with Gasteiger partial charge in [-0.15, -0.1) is 11.5 Å². The Morgan fingerprint density at radius 1 is 1.13 bits per heavy atom. The van der Waals surface area contributed by atoms with Crippen molar-refractivity contribution in [3.05, 3.63) is 0 Å². The largest absolute Gasteiger partial charge is 0.351 e. The van der Waals surface area contributed by atoms with E-state index in [2.05, 4.69) is 45.6 Å². The lowest BCUT2D eigenvalue weighted by Gasteiger charge is -2.49. The van der Waals surface area contributed by atoms with Gasteiger partial charge in [-0.25, -0.2) is 0 Å². The molecule has 1 aliphatic heterocycles. The molecule has 0 N–H and O–H groups in total. The molecule has 0 aliphatic carbocycles. The third kappa shape index (κ3) is 2.67. The SMILES string of the molecule is C#CC#CON1C(C)(C)CCCC1(C)C. The van der Waals surface area contributed by atoms with Crippen LogP contribution in [0.2, 0.25) is 0 Å². The molecule has 0 spiro atoms. The third-order valence-electron chi connectivity index (χ3n) is 2.94. The quantitative estimate of drug-likeness (QED) is 0.610. The predicted octanol–water partition coefficient (Wildman–Crippen LogP) is 2.56. The predicted molar refractivity (Wildman–Crippen MR) is 61.5 cm³/mol. The molecule has 15 heavy (non-hydrogen) atoms. The molecule has 0 radical (unpaired) electrons. The second-order valence-corrected chi connectivity index (χ2v) is 5.24. The number of piperidine rings is 1. The van der Waals surface area contributed by atoms with E-state index in [9.17, 15) is 0 Å². The van der Waals surface area contributed by atoms with Crippen LogP contribution < -0.4 is 0 Å². The zero-order valence-electron chi connectivity index (χ0n) is 10.1. The maximum Gasteiger partial charge on any atom is 0.152 e. The molecular formula is C13H19NO. The van der Waals surface area contributed by atoms with Crippen molar-refractivity contribution < 1.29 is 4.84 Å². The number of hydrogen-bond acceptors (Lipinski definition) is 2. The fourth-order valence-electron chi connectivity index (χ4n) is 2.32. The summed E-state index contributed by atoms with van der Waals surface area (Å²) in [4.78, 5) is 5.48. The topological polar surface area (TPSA) is 12.5 Å². The Hall–Kier alpha value is -1.12. The maximum atomic E-state index is 5.48. The van der Waals surface area contributed by atoms with Crippen molar-refractivity contribution in [2.24, 2.45) is 0 Å². The lowest BCUT2D eigenvalue weighted by molar-refractivity contribution is -0.237. The number of rotatable bonds is 1. The molecule has 2 heteroatoms. The summed E-state index contributed by atoms with van der Waals surface area (Å²) in [6.45, 7) is 8.69. The summed E-state index contributed by atoms with van der Waals surface area (Å²) < 4.78 is 0. The summed E-state index contributed by atoms with van der Waals surface area (Å²) >= 11 is 0. The van der Waals surface area contributed by atoms with E-state index >= 15 is 0 Å². The average Bonchev–Trinajstić information content (AvgIpc) is 2.09. The fraction of sp³-hybridized carbons (Fsp3) is 0.692. The van der Waals surface area contributed by atoms with E-state index in [0.29, 0.717) is 0 Å². The first-order valence-corrected chi connectivity index (χ1v) is 5.33. The first-order valence-electron chi connectivity index (χ1n) is 5.33. The molecule has 1 rings (SSSR count). The Morgan fingerprint density at radius 2 is 1.67 bits per heavy atom. The normalized spacial score (nSPS) is 23.4. The summed E-state index contributed by atoms with van der Waals surface area (Å²) in [5, 5.41) is 1.98. The number of nitrogens with zero attached hydrogens (tertiary/aromatic N) is 1. The molecule has 0 bridgehead atoms. The van der Waals surface area contributed by atoms with Crippen LogP contribution in [0.4, 0.5) is 0 Å². The van der Waals surface area contributed by atoms with Gasteiger partial charge in [-0.3, -0.25) is 0 Å². The van der Waals surface area contributed by atoms with Gasteiger partial charge in [0, 0.05) is 5.92 Å². The average molecular weight is 205 g/mol. The van der Waals surface area contributed by atoms with Gasteiger partial charge in [0.15, 0.2) is 6.11 Å². The van der Waals surface area contributed by atoms with Crippen LogP contribution in [0.25, 0.3) is 0 Å². The van der Waals surface area contributed by atoms with Crippen molar-refractivity contribution in [1.82, 2.24) is 5.06 Å². The number of hydrogen-bond donors (Lipinski definition) is 0. The van der Waals surface area contributed by atoms with Crippen LogP contribution in [0.1, 0.15) is 47.0 Å². The molecule has 2 nitrogen and oxygen atoms in total. The van der Waals surface area contributed by atoms with Crippen molar-refractivity contribution in [3.8, 4) is 24.4 Å². The first-order chi connectivity index (χ1) is 6.90. The van der Waals surface area contributed by atoms with E-state index in [1.807, 2.05) is 5.06 Å². The minimum Gasteiger partial charge on any atom is -0.351 e. The van der Waals surface area contributed by atoms with Crippen molar-refractivity contribution in [3.63, 3.8) is 0 Å². The van der Waals surface area contributed by atoms with Crippen LogP contribution >= 0.6 is 0 Å². The molecule has 82 valence electrons. The lowest BCUT2D eigenvalue weighted by atomic mass is 9.82. The molecule has 0 aromatic heterocycles. The van der Waals surface area contributed by atoms with Gasteiger partial charge in [-0.1, -0.05) is 0 Å². The highest BCUT2D eigenvalue weighted by Gasteiger charge is 2.43. The van der Waals surface area contributed by atoms with Gasteiger partial charge in [0.05, 0.1) is 11.1 Å². The number of hydroxylamine groups is 2. The molecule has 1 heterocycles. The lowest BCUT2D eigenvalue weighted by Crippen LogP contribution is -2.57. The third-order valence-corrected chi connectivity index (χ3v) is 2.94. The second-order valence-electron chi connectivity index (χ2n) is 5.24. The van der Waals surface area contributed by atoms with Crippen LogP contribution in [0.3, 0.4) is 0 Å². The molecule has 0 aromatic rings. The maximum absolute atomic E-state index is 5.48. The Bertz CT molecular complexity index is 309. The van der Waals surface area contributed by atoms with Gasteiger partial charge >= 0.3 is 0 Å². The minimum atomic E-state index is 0.0189. The van der Waals surface area contributed by atoms with Crippen LogP contribution in [-0.2, 0) is 4.84 Å². The van der Waals surface area contributed by atoms with Gasteiger partial charge < -0.3 is 4.84 Å². The Morgan fingerprint density at radius 3 is 2.13 bits per heavy atom. The zero-order valence-corrected chi connectivity index (χ0v) is 10.1. The summed E-state index contributed by atoms with van der Waals surface area (Å²) in [5.74, 6) is 4.73. The van der Waals surface area contributed by atoms with Gasteiger partial charge in [-0.2, -0.15) is 0 Å². The van der Waals surface area contributed by atoms with E-state index in [-0.39, 0.29) is 11.1 Å². The highest BCUT2D eigenvalue weighted by molar-refractivity contribution is 5.19. The van der Waals surface area contributed by atoms with E-state index in [1.165, 1.54) is 6.42 Å². The van der Waals surface area contributed by atoms with Crippen LogP contribution in [0, 0.1) is 24.4 Å². The first kappa shape index (κ1) is 12.0. The second kappa shape index (κ2) is 4.17. The molecule has 0 amide bonds. The summed E-state index contributed by atoms with van der Waals surface area (Å²) in [5.41, 5.74) is 0.0378. The summed E-state index contributed by atoms with van der Waals surface area (Å²) in [7, 11) is 0. The van der Waals surface area contributed by atoms with Crippen LogP contribution in [-0.4, -0.2) is 16.1 Å². The summed E-state index contributed by atoms with van der Waals surface area (Å²) in [6, 6.07) is 0. The Labute approximate surface area is 92.9 Å². The van der Waals surface area contributed by atoms with Gasteiger partial charge in [-0.05, 0) is 52.9 Å². The Kier molecular flexibility index (Phi) is 3.32. The van der Waals surface area contributed by atoms with E-state index in [4.69, 9.17) is 11.3 Å². The molecule has 0 aromatic carbocycles. The van der Waals surface area contributed by atoms with Crippen molar-refractivity contribution in [1.29, 1.82) is 0 Å². The molecule has 0 atom stereocenters. The highest BCUT2D eigenvalue weighted by Crippen LogP contribution is 2.37. The van der Waals surface area contributed by atoms with Crippen molar-refractivity contribution >= 4 is 0 Å². The smallest absolute Gasteiger partial charge is 0.152 e. The highest BCUT2D eigenvalue weighted by atomic mass is 16.7. The van der Waals surface area contributed by atoms with Crippen molar-refractivity contribution in [2.45, 2.75) is 58.0 Å². The fourth-order valence-corrected chi connectivity index (χ4v) is 2.32. The Balaban J connectivity index is 2.83. The standard InChI is InChI=1S/C13H19NO/c1-6-7-11-15-14-12(2,3)9-8-10-13(14,4)5/h1H,8-10H2,2-5H3. The molecule has 1 aliphatic rings. The minimum absolute atomic E-state index is 0.0189. The zero-order chi connectivity index (χ0) is 11.5. The van der Waals surface area contributed by atoms with Gasteiger partial charge in [0.2, 0.25) is 0 Å².